The van der Waals surface area contributed by atoms with Crippen molar-refractivity contribution in [2.45, 2.75) is 12.8 Å². The van der Waals surface area contributed by atoms with Gasteiger partial charge in [0.25, 0.3) is 0 Å². The van der Waals surface area contributed by atoms with Crippen LogP contribution in [0.3, 0.4) is 0 Å². The van der Waals surface area contributed by atoms with Gasteiger partial charge in [0.05, 0.1) is 7.11 Å². The van der Waals surface area contributed by atoms with Crippen LogP contribution in [0, 0.1) is 0 Å². The summed E-state index contributed by atoms with van der Waals surface area (Å²) in [5, 5.41) is 0. The molecule has 0 aliphatic heterocycles. The highest BCUT2D eigenvalue weighted by atomic mass is 16.5. The predicted octanol–water partition coefficient (Wildman–Crippen LogP) is 2.98. The number of ether oxygens (including phenoxy) is 1. The first kappa shape index (κ1) is 8.85. The lowest BCUT2D eigenvalue weighted by molar-refractivity contribution is 0.414. The Labute approximate surface area is 73.7 Å². The van der Waals surface area contributed by atoms with Crippen molar-refractivity contribution in [3.63, 3.8) is 0 Å². The van der Waals surface area contributed by atoms with Crippen molar-refractivity contribution < 1.29 is 4.74 Å². The first-order valence-electron chi connectivity index (χ1n) is 4.04. The van der Waals surface area contributed by atoms with Gasteiger partial charge in [-0.25, -0.2) is 0 Å². The fourth-order valence-electron chi connectivity index (χ4n) is 1.04. The lowest BCUT2D eigenvalue weighted by Crippen LogP contribution is -1.88. The van der Waals surface area contributed by atoms with Gasteiger partial charge in [-0.15, -0.1) is 6.58 Å². The van der Waals surface area contributed by atoms with E-state index in [0.717, 1.165) is 5.75 Å². The Morgan fingerprint density at radius 1 is 1.33 bits per heavy atom. The molecule has 0 saturated heterocycles. The summed E-state index contributed by atoms with van der Waals surface area (Å²) in [5.74, 6) is 1.31. The second-order valence-electron chi connectivity index (χ2n) is 2.80. The Bertz CT molecular complexity index is 248. The van der Waals surface area contributed by atoms with E-state index in [1.807, 2.05) is 18.2 Å². The van der Waals surface area contributed by atoms with Crippen LogP contribution in [0.4, 0.5) is 0 Å². The molecular weight excluding hydrogens is 148 g/mol. The summed E-state index contributed by atoms with van der Waals surface area (Å²) in [7, 11) is 1.67. The second kappa shape index (κ2) is 3.96. The normalized spacial score (nSPS) is 12.2. The minimum atomic E-state index is 0.413. The molecule has 0 spiro atoms. The molecule has 0 saturated carbocycles. The van der Waals surface area contributed by atoms with Crippen molar-refractivity contribution in [1.29, 1.82) is 0 Å². The van der Waals surface area contributed by atoms with E-state index >= 15 is 0 Å². The van der Waals surface area contributed by atoms with Crippen molar-refractivity contribution in [1.82, 2.24) is 0 Å². The van der Waals surface area contributed by atoms with Gasteiger partial charge in [-0.05, 0) is 23.6 Å². The average Bonchev–Trinajstić information content (AvgIpc) is 2.17. The summed E-state index contributed by atoms with van der Waals surface area (Å²) in [6.07, 6.45) is 1.93. The first-order valence-corrected chi connectivity index (χ1v) is 4.04. The van der Waals surface area contributed by atoms with Crippen LogP contribution in [-0.2, 0) is 0 Å². The standard InChI is InChI=1S/C11H14O/c1-4-9(2)10-5-7-11(12-3)8-6-10/h4-9H,1H2,2-3H3. The van der Waals surface area contributed by atoms with Crippen LogP contribution in [0.15, 0.2) is 36.9 Å². The fourth-order valence-corrected chi connectivity index (χ4v) is 1.04. The monoisotopic (exact) mass is 162 g/mol. The molecule has 1 aromatic carbocycles. The Morgan fingerprint density at radius 3 is 2.33 bits per heavy atom. The van der Waals surface area contributed by atoms with E-state index in [0.29, 0.717) is 5.92 Å². The number of rotatable bonds is 3. The SMILES string of the molecule is C=CC(C)c1ccc(OC)cc1. The molecule has 0 aromatic heterocycles. The molecule has 1 rings (SSSR count). The molecule has 0 amide bonds. The van der Waals surface area contributed by atoms with Gasteiger partial charge in [-0.3, -0.25) is 0 Å². The van der Waals surface area contributed by atoms with Crippen molar-refractivity contribution >= 4 is 0 Å². The Hall–Kier alpha value is -1.24. The zero-order valence-corrected chi connectivity index (χ0v) is 7.58. The van der Waals surface area contributed by atoms with Gasteiger partial charge in [0, 0.05) is 0 Å². The third-order valence-electron chi connectivity index (χ3n) is 2.00. The zero-order valence-electron chi connectivity index (χ0n) is 7.58. The van der Waals surface area contributed by atoms with Crippen molar-refractivity contribution in [2.24, 2.45) is 0 Å². The summed E-state index contributed by atoms with van der Waals surface area (Å²) in [6.45, 7) is 5.87. The Kier molecular flexibility index (Phi) is 2.92. The molecule has 64 valence electrons. The summed E-state index contributed by atoms with van der Waals surface area (Å²) in [4.78, 5) is 0. The maximum atomic E-state index is 5.06. The van der Waals surface area contributed by atoms with Crippen molar-refractivity contribution in [2.75, 3.05) is 7.11 Å². The van der Waals surface area contributed by atoms with E-state index in [1.54, 1.807) is 7.11 Å². The van der Waals surface area contributed by atoms with Gasteiger partial charge >= 0.3 is 0 Å². The van der Waals surface area contributed by atoms with Crippen LogP contribution >= 0.6 is 0 Å². The quantitative estimate of drug-likeness (QED) is 0.621. The van der Waals surface area contributed by atoms with Gasteiger partial charge in [0.2, 0.25) is 0 Å². The largest absolute Gasteiger partial charge is 0.497 e. The molecule has 1 aromatic rings. The molecule has 0 radical (unpaired) electrons. The number of allylic oxidation sites excluding steroid dienone is 1. The second-order valence-corrected chi connectivity index (χ2v) is 2.80. The molecule has 1 atom stereocenters. The third kappa shape index (κ3) is 1.88. The average molecular weight is 162 g/mol. The van der Waals surface area contributed by atoms with Gasteiger partial charge in [-0.1, -0.05) is 25.1 Å². The zero-order chi connectivity index (χ0) is 8.97. The van der Waals surface area contributed by atoms with Gasteiger partial charge < -0.3 is 4.74 Å². The van der Waals surface area contributed by atoms with Crippen molar-refractivity contribution in [3.8, 4) is 5.75 Å². The lowest BCUT2D eigenvalue weighted by Gasteiger charge is -2.06. The van der Waals surface area contributed by atoms with Gasteiger partial charge in [0.15, 0.2) is 0 Å². The molecule has 0 bridgehead atoms. The topological polar surface area (TPSA) is 9.23 Å². The molecular formula is C11H14O. The fraction of sp³-hybridized carbons (Fsp3) is 0.273. The molecule has 0 heterocycles. The van der Waals surface area contributed by atoms with Crippen LogP contribution in [0.25, 0.3) is 0 Å². The number of benzene rings is 1. The van der Waals surface area contributed by atoms with Gasteiger partial charge in [-0.2, -0.15) is 0 Å². The van der Waals surface area contributed by atoms with E-state index in [4.69, 9.17) is 4.74 Å². The smallest absolute Gasteiger partial charge is 0.118 e. The predicted molar refractivity (Wildman–Crippen MR) is 51.6 cm³/mol. The van der Waals surface area contributed by atoms with Crippen LogP contribution in [0.1, 0.15) is 18.4 Å². The minimum Gasteiger partial charge on any atom is -0.497 e. The summed E-state index contributed by atoms with van der Waals surface area (Å²) < 4.78 is 5.06. The van der Waals surface area contributed by atoms with Crippen LogP contribution in [-0.4, -0.2) is 7.11 Å². The maximum absolute atomic E-state index is 5.06. The highest BCUT2D eigenvalue weighted by molar-refractivity contribution is 5.30. The molecule has 1 nitrogen and oxygen atoms in total. The first-order chi connectivity index (χ1) is 5.77. The molecule has 12 heavy (non-hydrogen) atoms. The molecule has 0 aliphatic rings. The molecule has 0 N–H and O–H groups in total. The van der Waals surface area contributed by atoms with E-state index in [2.05, 4.69) is 25.6 Å². The van der Waals surface area contributed by atoms with Crippen LogP contribution in [0.5, 0.6) is 5.75 Å². The molecule has 0 aliphatic carbocycles. The third-order valence-corrected chi connectivity index (χ3v) is 2.00. The van der Waals surface area contributed by atoms with E-state index in [-0.39, 0.29) is 0 Å². The van der Waals surface area contributed by atoms with Crippen LogP contribution < -0.4 is 4.74 Å². The molecule has 1 unspecified atom stereocenters. The van der Waals surface area contributed by atoms with Crippen molar-refractivity contribution in [3.05, 3.63) is 42.5 Å². The van der Waals surface area contributed by atoms with E-state index < -0.39 is 0 Å². The highest BCUT2D eigenvalue weighted by Crippen LogP contribution is 2.19. The lowest BCUT2D eigenvalue weighted by atomic mass is 10.0. The minimum absolute atomic E-state index is 0.413. The van der Waals surface area contributed by atoms with Crippen LogP contribution in [0.2, 0.25) is 0 Å². The van der Waals surface area contributed by atoms with Gasteiger partial charge in [0.1, 0.15) is 5.75 Å². The summed E-state index contributed by atoms with van der Waals surface area (Å²) >= 11 is 0. The molecule has 1 heteroatoms. The summed E-state index contributed by atoms with van der Waals surface area (Å²) in [6, 6.07) is 8.06. The number of hydrogen-bond acceptors (Lipinski definition) is 1. The number of hydrogen-bond donors (Lipinski definition) is 0. The van der Waals surface area contributed by atoms with E-state index in [1.165, 1.54) is 5.56 Å². The molecule has 0 fully saturated rings. The Balaban J connectivity index is 2.84. The number of methoxy groups -OCH3 is 1. The Morgan fingerprint density at radius 2 is 1.92 bits per heavy atom. The summed E-state index contributed by atoms with van der Waals surface area (Å²) in [5.41, 5.74) is 1.27. The van der Waals surface area contributed by atoms with E-state index in [9.17, 15) is 0 Å². The maximum Gasteiger partial charge on any atom is 0.118 e. The highest BCUT2D eigenvalue weighted by Gasteiger charge is 1.99.